The molecule has 2 saturated carbocycles. The molecule has 3 unspecified atom stereocenters. The van der Waals surface area contributed by atoms with Crippen LogP contribution in [0.25, 0.3) is 0 Å². The molecule has 4 N–H and O–H groups in total. The third-order valence-corrected chi connectivity index (χ3v) is 11.6. The van der Waals surface area contributed by atoms with Gasteiger partial charge in [-0.25, -0.2) is 0 Å². The largest absolute Gasteiger partial charge is 0.511 e. The predicted molar refractivity (Wildman–Crippen MR) is 191 cm³/mol. The number of nitrogens with zero attached hydrogens (tertiary/aromatic N) is 2. The Morgan fingerprint density at radius 1 is 0.939 bits per heavy atom. The predicted octanol–water partition coefficient (Wildman–Crippen LogP) is 5.63. The van der Waals surface area contributed by atoms with Crippen LogP contribution in [0.15, 0.2) is 46.1 Å². The fourth-order valence-electron chi connectivity index (χ4n) is 9.36. The smallest absolute Gasteiger partial charge is 0.252 e. The van der Waals surface area contributed by atoms with Crippen LogP contribution in [-0.2, 0) is 16.0 Å². The van der Waals surface area contributed by atoms with E-state index in [2.05, 4.69) is 15.1 Å². The average molecular weight is 673 g/mol. The molecule has 2 heterocycles. The van der Waals surface area contributed by atoms with E-state index >= 15 is 0 Å². The van der Waals surface area contributed by atoms with Gasteiger partial charge in [-0.1, -0.05) is 45.2 Å². The van der Waals surface area contributed by atoms with Gasteiger partial charge in [0, 0.05) is 66.8 Å². The third-order valence-electron chi connectivity index (χ3n) is 11.6. The van der Waals surface area contributed by atoms with Crippen molar-refractivity contribution in [2.75, 3.05) is 46.8 Å². The summed E-state index contributed by atoms with van der Waals surface area (Å²) in [5, 5.41) is 13.7. The maximum Gasteiger partial charge on any atom is 0.252 e. The maximum absolute atomic E-state index is 14.4. The molecule has 9 heteroatoms. The van der Waals surface area contributed by atoms with Crippen LogP contribution in [0.3, 0.4) is 0 Å². The van der Waals surface area contributed by atoms with Crippen molar-refractivity contribution in [2.45, 2.75) is 91.0 Å². The number of carbonyl (C=O) groups is 3. The second kappa shape index (κ2) is 14.9. The van der Waals surface area contributed by atoms with E-state index in [1.807, 2.05) is 47.0 Å². The first-order valence-corrected chi connectivity index (χ1v) is 18.8. The fourth-order valence-corrected chi connectivity index (χ4v) is 9.36. The number of fused-ring (bicyclic) bond motifs is 2. The lowest BCUT2D eigenvalue weighted by Gasteiger charge is -2.41. The minimum atomic E-state index is -0.638. The van der Waals surface area contributed by atoms with Crippen LogP contribution in [-0.4, -0.2) is 85.2 Å². The monoisotopic (exact) mass is 672 g/mol. The number of aliphatic hydroxyl groups excluding tert-OH is 1. The number of piperazine rings is 1. The van der Waals surface area contributed by atoms with Gasteiger partial charge in [-0.2, -0.15) is 0 Å². The molecule has 1 aromatic carbocycles. The molecule has 1 saturated heterocycles. The normalized spacial score (nSPS) is 26.9. The van der Waals surface area contributed by atoms with Gasteiger partial charge in [0.05, 0.1) is 18.0 Å². The number of nitrogens with one attached hydrogen (secondary N) is 1. The second-order valence-corrected chi connectivity index (χ2v) is 14.8. The summed E-state index contributed by atoms with van der Waals surface area (Å²) in [4.78, 5) is 45.7. The number of carbonyl (C=O) groups excluding carboxylic acids is 3. The van der Waals surface area contributed by atoms with E-state index in [9.17, 15) is 19.5 Å². The molecular formula is C40H56N4O5. The Bertz CT molecular complexity index is 1570. The molecule has 0 spiro atoms. The summed E-state index contributed by atoms with van der Waals surface area (Å²) in [6.45, 7) is 10.2. The van der Waals surface area contributed by atoms with Crippen molar-refractivity contribution in [1.29, 1.82) is 0 Å². The van der Waals surface area contributed by atoms with Crippen LogP contribution >= 0.6 is 0 Å². The van der Waals surface area contributed by atoms with Crippen molar-refractivity contribution < 1.29 is 24.2 Å². The SMILES string of the molecule is CC.CNC.Cc1ccc(C(=O)CN2CCN(C3CCCCC3)CC2)c2c1C(=O)C1=C3OC(C4CC4)=C4C(C(N)=O)=C(O)CC(CC1C2)C34. The van der Waals surface area contributed by atoms with Crippen LogP contribution in [0, 0.1) is 30.6 Å². The zero-order valence-electron chi connectivity index (χ0n) is 30.2. The Morgan fingerprint density at radius 3 is 2.24 bits per heavy atom. The number of rotatable bonds is 6. The molecule has 7 aliphatic rings. The Kier molecular flexibility index (Phi) is 10.8. The molecule has 49 heavy (non-hydrogen) atoms. The third kappa shape index (κ3) is 6.66. The fraction of sp³-hybridized carbons (Fsp3) is 0.625. The molecule has 0 radical (unpaired) electrons. The van der Waals surface area contributed by atoms with Crippen molar-refractivity contribution >= 4 is 17.5 Å². The Labute approximate surface area is 292 Å². The summed E-state index contributed by atoms with van der Waals surface area (Å²) >= 11 is 0. The highest BCUT2D eigenvalue weighted by atomic mass is 16.5. The lowest BCUT2D eigenvalue weighted by Crippen LogP contribution is -2.51. The number of ether oxygens (including phenoxy) is 1. The Morgan fingerprint density at radius 2 is 1.61 bits per heavy atom. The zero-order valence-corrected chi connectivity index (χ0v) is 30.2. The summed E-state index contributed by atoms with van der Waals surface area (Å²) in [7, 11) is 3.75. The van der Waals surface area contributed by atoms with Crippen molar-refractivity contribution in [2.24, 2.45) is 29.4 Å². The van der Waals surface area contributed by atoms with Crippen molar-refractivity contribution in [3.63, 3.8) is 0 Å². The van der Waals surface area contributed by atoms with Crippen molar-refractivity contribution in [3.05, 3.63) is 68.4 Å². The van der Waals surface area contributed by atoms with Gasteiger partial charge < -0.3 is 20.9 Å². The molecule has 1 amide bonds. The zero-order chi connectivity index (χ0) is 35.0. The number of primary amides is 1. The highest BCUT2D eigenvalue weighted by Crippen LogP contribution is 2.60. The molecule has 5 aliphatic carbocycles. The molecule has 1 aromatic rings. The molecule has 3 atom stereocenters. The lowest BCUT2D eigenvalue weighted by atomic mass is 9.61. The van der Waals surface area contributed by atoms with Gasteiger partial charge in [-0.3, -0.25) is 24.2 Å². The van der Waals surface area contributed by atoms with Crippen LogP contribution in [0.4, 0.5) is 0 Å². The van der Waals surface area contributed by atoms with Gasteiger partial charge in [0.2, 0.25) is 0 Å². The van der Waals surface area contributed by atoms with E-state index in [0.29, 0.717) is 54.3 Å². The molecule has 9 nitrogen and oxygen atoms in total. The highest BCUT2D eigenvalue weighted by Gasteiger charge is 2.55. The maximum atomic E-state index is 14.4. The number of allylic oxidation sites excluding steroid dienone is 4. The molecular weight excluding hydrogens is 616 g/mol. The van der Waals surface area contributed by atoms with E-state index in [1.165, 1.54) is 32.1 Å². The molecule has 2 aliphatic heterocycles. The Hall–Kier alpha value is -3.27. The number of Topliss-reactive ketones (excluding diaryl/α,β-unsaturated/α-hetero) is 2. The number of hydrogen-bond acceptors (Lipinski definition) is 8. The number of ketones is 2. The summed E-state index contributed by atoms with van der Waals surface area (Å²) in [5.74, 6) is 0.734. The number of benzene rings is 1. The highest BCUT2D eigenvalue weighted by molar-refractivity contribution is 6.15. The lowest BCUT2D eigenvalue weighted by molar-refractivity contribution is -0.114. The van der Waals surface area contributed by atoms with E-state index in [4.69, 9.17) is 10.5 Å². The first-order valence-electron chi connectivity index (χ1n) is 18.8. The van der Waals surface area contributed by atoms with E-state index < -0.39 is 5.91 Å². The van der Waals surface area contributed by atoms with Gasteiger partial charge in [-0.15, -0.1) is 0 Å². The number of hydrogen-bond donors (Lipinski definition) is 3. The van der Waals surface area contributed by atoms with Crippen molar-refractivity contribution in [3.8, 4) is 0 Å². The van der Waals surface area contributed by atoms with Gasteiger partial charge in [0.1, 0.15) is 17.3 Å². The summed E-state index contributed by atoms with van der Waals surface area (Å²) in [6, 6.07) is 4.55. The van der Waals surface area contributed by atoms with Crippen LogP contribution in [0.1, 0.15) is 103 Å². The Balaban J connectivity index is 0.000000792. The number of aliphatic hydroxyl groups is 1. The van der Waals surface area contributed by atoms with Crippen LogP contribution in [0.5, 0.6) is 0 Å². The standard InChI is InChI=1S/C36H43N3O5.C2H7N.C2H6/c1-19-7-10-24(27(41)18-38-11-13-39(14-12-38)23-5-3-2-4-6-23)25-16-21-15-22-17-26(40)31(36(37)43)32-29(22)35(30(21)33(42)28(19)25)44-34(32)20-8-9-20;1-3-2;1-2/h7,10,20-23,29,40H,2-6,8-9,11-18H2,1H3,(H2,37,43);3H,1-2H3;1-2H3. The summed E-state index contributed by atoms with van der Waals surface area (Å²) < 4.78 is 6.57. The molecule has 8 rings (SSSR count). The minimum Gasteiger partial charge on any atom is -0.511 e. The second-order valence-electron chi connectivity index (χ2n) is 14.8. The van der Waals surface area contributed by atoms with Gasteiger partial charge in [0.15, 0.2) is 11.6 Å². The minimum absolute atomic E-state index is 0.0203. The van der Waals surface area contributed by atoms with Gasteiger partial charge >= 0.3 is 0 Å². The number of nitrogens with two attached hydrogens (primary N) is 1. The topological polar surface area (TPSA) is 125 Å². The first kappa shape index (κ1) is 35.6. The van der Waals surface area contributed by atoms with Gasteiger partial charge in [-0.05, 0) is 82.5 Å². The van der Waals surface area contributed by atoms with Crippen molar-refractivity contribution in [1.82, 2.24) is 15.1 Å². The van der Waals surface area contributed by atoms with E-state index in [1.54, 1.807) is 0 Å². The molecule has 3 fully saturated rings. The summed E-state index contributed by atoms with van der Waals surface area (Å²) in [6.07, 6.45) is 10.2. The summed E-state index contributed by atoms with van der Waals surface area (Å²) in [5.41, 5.74) is 10.4. The van der Waals surface area contributed by atoms with Gasteiger partial charge in [0.25, 0.3) is 5.91 Å². The molecule has 0 bridgehead atoms. The van der Waals surface area contributed by atoms with E-state index in [0.717, 1.165) is 61.5 Å². The molecule has 0 aromatic heterocycles. The molecule has 266 valence electrons. The number of aryl methyl sites for hydroxylation is 1. The van der Waals surface area contributed by atoms with E-state index in [-0.39, 0.29) is 46.6 Å². The van der Waals surface area contributed by atoms with Crippen LogP contribution < -0.4 is 11.1 Å². The van der Waals surface area contributed by atoms with Crippen LogP contribution in [0.2, 0.25) is 0 Å². The number of amides is 1. The average Bonchev–Trinajstić information content (AvgIpc) is 3.87. The first-order chi connectivity index (χ1) is 23.7. The quantitative estimate of drug-likeness (QED) is 0.332.